The van der Waals surface area contributed by atoms with E-state index in [1.807, 2.05) is 0 Å². The normalized spacial score (nSPS) is 10.5. The van der Waals surface area contributed by atoms with Crippen molar-refractivity contribution < 1.29 is 14.2 Å². The third kappa shape index (κ3) is 2.59. The van der Waals surface area contributed by atoms with Crippen LogP contribution in [0.3, 0.4) is 0 Å². The van der Waals surface area contributed by atoms with Crippen LogP contribution in [0.5, 0.6) is 5.75 Å². The number of rotatable bonds is 4. The number of aromatic nitrogens is 3. The van der Waals surface area contributed by atoms with Crippen LogP contribution >= 0.6 is 0 Å². The summed E-state index contributed by atoms with van der Waals surface area (Å²) < 4.78 is 19.8. The molecule has 0 spiro atoms. The Bertz CT molecular complexity index is 513. The van der Waals surface area contributed by atoms with Crippen molar-refractivity contribution in [3.8, 4) is 5.75 Å². The van der Waals surface area contributed by atoms with Crippen molar-refractivity contribution in [1.82, 2.24) is 15.0 Å². The molecule has 0 radical (unpaired) electrons. The Morgan fingerprint density at radius 3 is 2.88 bits per heavy atom. The summed E-state index contributed by atoms with van der Waals surface area (Å²) in [4.78, 5) is 0. The molecule has 6 heteroatoms. The molecule has 2 rings (SSSR count). The molecule has 0 saturated carbocycles. The molecule has 5 nitrogen and oxygen atoms in total. The number of hydrogen-bond acceptors (Lipinski definition) is 4. The highest BCUT2D eigenvalue weighted by molar-refractivity contribution is 5.29. The van der Waals surface area contributed by atoms with Crippen molar-refractivity contribution in [2.45, 2.75) is 13.2 Å². The lowest BCUT2D eigenvalue weighted by Crippen LogP contribution is -2.01. The van der Waals surface area contributed by atoms with Gasteiger partial charge in [-0.3, -0.25) is 0 Å². The van der Waals surface area contributed by atoms with E-state index in [2.05, 4.69) is 10.3 Å². The third-order valence-electron chi connectivity index (χ3n) is 2.31. The fourth-order valence-corrected chi connectivity index (χ4v) is 1.48. The summed E-state index contributed by atoms with van der Waals surface area (Å²) in [7, 11) is 1.42. The zero-order valence-electron chi connectivity index (χ0n) is 9.30. The fraction of sp³-hybridized carbons (Fsp3) is 0.273. The van der Waals surface area contributed by atoms with Crippen LogP contribution in [0.2, 0.25) is 0 Å². The molecule has 0 saturated heterocycles. The van der Waals surface area contributed by atoms with Gasteiger partial charge in [-0.15, -0.1) is 5.10 Å². The Hall–Kier alpha value is -1.95. The van der Waals surface area contributed by atoms with Crippen LogP contribution in [0.1, 0.15) is 11.3 Å². The molecule has 1 aromatic heterocycles. The number of hydrogen-bond donors (Lipinski definition) is 1. The molecular weight excluding hydrogens is 225 g/mol. The molecule has 90 valence electrons. The number of aliphatic hydroxyl groups excluding tert-OH is 1. The van der Waals surface area contributed by atoms with Crippen LogP contribution in [0, 0.1) is 5.82 Å². The highest BCUT2D eigenvalue weighted by atomic mass is 19.1. The second-order valence-electron chi connectivity index (χ2n) is 3.53. The summed E-state index contributed by atoms with van der Waals surface area (Å²) in [5, 5.41) is 16.4. The average Bonchev–Trinajstić information content (AvgIpc) is 2.77. The molecule has 1 heterocycles. The molecule has 0 aliphatic heterocycles. The number of nitrogens with zero attached hydrogens (tertiary/aromatic N) is 3. The quantitative estimate of drug-likeness (QED) is 0.860. The number of halogens is 1. The lowest BCUT2D eigenvalue weighted by molar-refractivity contribution is 0.276. The monoisotopic (exact) mass is 237 g/mol. The van der Waals surface area contributed by atoms with Crippen LogP contribution in [0.25, 0.3) is 0 Å². The van der Waals surface area contributed by atoms with Crippen LogP contribution in [-0.2, 0) is 13.2 Å². The Labute approximate surface area is 97.5 Å². The second kappa shape index (κ2) is 4.92. The Morgan fingerprint density at radius 2 is 2.29 bits per heavy atom. The zero-order valence-corrected chi connectivity index (χ0v) is 9.30. The van der Waals surface area contributed by atoms with Gasteiger partial charge < -0.3 is 9.84 Å². The lowest BCUT2D eigenvalue weighted by atomic mass is 10.2. The molecule has 0 bridgehead atoms. The van der Waals surface area contributed by atoms with E-state index in [4.69, 9.17) is 9.84 Å². The van der Waals surface area contributed by atoms with Crippen LogP contribution in [0.15, 0.2) is 24.4 Å². The van der Waals surface area contributed by atoms with Gasteiger partial charge in [0.2, 0.25) is 0 Å². The molecule has 0 atom stereocenters. The molecule has 1 N–H and O–H groups in total. The van der Waals surface area contributed by atoms with Crippen LogP contribution < -0.4 is 4.74 Å². The minimum absolute atomic E-state index is 0.156. The molecular formula is C11H12FN3O2. The van der Waals surface area contributed by atoms with E-state index < -0.39 is 5.82 Å². The highest BCUT2D eigenvalue weighted by Crippen LogP contribution is 2.18. The van der Waals surface area contributed by atoms with Gasteiger partial charge in [-0.1, -0.05) is 11.3 Å². The van der Waals surface area contributed by atoms with Crippen molar-refractivity contribution in [1.29, 1.82) is 0 Å². The van der Waals surface area contributed by atoms with Crippen molar-refractivity contribution in [2.75, 3.05) is 7.11 Å². The van der Waals surface area contributed by atoms with Crippen molar-refractivity contribution in [2.24, 2.45) is 0 Å². The van der Waals surface area contributed by atoms with E-state index >= 15 is 0 Å². The van der Waals surface area contributed by atoms with Crippen LogP contribution in [-0.4, -0.2) is 27.2 Å². The van der Waals surface area contributed by atoms with Gasteiger partial charge in [0.1, 0.15) is 5.69 Å². The lowest BCUT2D eigenvalue weighted by Gasteiger charge is -2.04. The first kappa shape index (κ1) is 11.5. The highest BCUT2D eigenvalue weighted by Gasteiger charge is 2.05. The van der Waals surface area contributed by atoms with Gasteiger partial charge in [0.05, 0.1) is 26.5 Å². The molecule has 0 unspecified atom stereocenters. The smallest absolute Gasteiger partial charge is 0.165 e. The zero-order chi connectivity index (χ0) is 12.3. The standard InChI is InChI=1S/C11H12FN3O2/c1-17-11-3-2-8(4-10(11)12)5-15-6-9(7-16)13-14-15/h2-4,6,16H,5,7H2,1H3. The first-order chi connectivity index (χ1) is 8.22. The average molecular weight is 237 g/mol. The van der Waals surface area contributed by atoms with E-state index in [1.54, 1.807) is 18.3 Å². The van der Waals surface area contributed by atoms with E-state index in [0.717, 1.165) is 5.56 Å². The van der Waals surface area contributed by atoms with Crippen molar-refractivity contribution >= 4 is 0 Å². The van der Waals surface area contributed by atoms with E-state index in [9.17, 15) is 4.39 Å². The largest absolute Gasteiger partial charge is 0.494 e. The first-order valence-corrected chi connectivity index (χ1v) is 5.05. The topological polar surface area (TPSA) is 60.2 Å². The number of ether oxygens (including phenoxy) is 1. The molecule has 0 fully saturated rings. The molecule has 17 heavy (non-hydrogen) atoms. The van der Waals surface area contributed by atoms with Gasteiger partial charge in [0.25, 0.3) is 0 Å². The summed E-state index contributed by atoms with van der Waals surface area (Å²) in [6.45, 7) is 0.241. The predicted octanol–water partition coefficient (Wildman–Crippen LogP) is 0.966. The minimum Gasteiger partial charge on any atom is -0.494 e. The summed E-state index contributed by atoms with van der Waals surface area (Å²) in [6.07, 6.45) is 1.61. The third-order valence-corrected chi connectivity index (χ3v) is 2.31. The summed E-state index contributed by atoms with van der Waals surface area (Å²) in [5.41, 5.74) is 1.23. The minimum atomic E-state index is -0.410. The van der Waals surface area contributed by atoms with Crippen molar-refractivity contribution in [3.63, 3.8) is 0 Å². The van der Waals surface area contributed by atoms with E-state index in [1.165, 1.54) is 17.9 Å². The summed E-state index contributed by atoms with van der Waals surface area (Å²) >= 11 is 0. The maximum Gasteiger partial charge on any atom is 0.165 e. The molecule has 0 aliphatic rings. The van der Waals surface area contributed by atoms with Gasteiger partial charge in [0.15, 0.2) is 11.6 Å². The molecule has 0 amide bonds. The number of aliphatic hydroxyl groups is 1. The second-order valence-corrected chi connectivity index (χ2v) is 3.53. The Morgan fingerprint density at radius 1 is 1.47 bits per heavy atom. The maximum atomic E-state index is 13.4. The first-order valence-electron chi connectivity index (χ1n) is 5.05. The molecule has 0 aliphatic carbocycles. The Kier molecular flexibility index (Phi) is 3.34. The molecule has 2 aromatic rings. The number of benzene rings is 1. The molecule has 1 aromatic carbocycles. The Balaban J connectivity index is 2.15. The predicted molar refractivity (Wildman–Crippen MR) is 58.0 cm³/mol. The van der Waals surface area contributed by atoms with Gasteiger partial charge in [-0.05, 0) is 17.7 Å². The van der Waals surface area contributed by atoms with Crippen LogP contribution in [0.4, 0.5) is 4.39 Å². The van der Waals surface area contributed by atoms with Gasteiger partial charge in [-0.25, -0.2) is 9.07 Å². The summed E-state index contributed by atoms with van der Waals surface area (Å²) in [6, 6.07) is 4.70. The van der Waals surface area contributed by atoms with Gasteiger partial charge in [-0.2, -0.15) is 0 Å². The fourth-order valence-electron chi connectivity index (χ4n) is 1.48. The maximum absolute atomic E-state index is 13.4. The SMILES string of the molecule is COc1ccc(Cn2cc(CO)nn2)cc1F. The van der Waals surface area contributed by atoms with E-state index in [0.29, 0.717) is 12.2 Å². The summed E-state index contributed by atoms with van der Waals surface area (Å²) in [5.74, 6) is -0.198. The van der Waals surface area contributed by atoms with Crippen molar-refractivity contribution in [3.05, 3.63) is 41.5 Å². The van der Waals surface area contributed by atoms with E-state index in [-0.39, 0.29) is 12.4 Å². The number of methoxy groups -OCH3 is 1. The van der Waals surface area contributed by atoms with Gasteiger partial charge in [0, 0.05) is 0 Å². The van der Waals surface area contributed by atoms with Gasteiger partial charge >= 0.3 is 0 Å².